The fourth-order valence-corrected chi connectivity index (χ4v) is 3.26. The van der Waals surface area contributed by atoms with Crippen LogP contribution in [0.4, 0.5) is 5.69 Å². The molecule has 1 aromatic heterocycles. The lowest BCUT2D eigenvalue weighted by Gasteiger charge is -2.18. The van der Waals surface area contributed by atoms with Crippen molar-refractivity contribution in [2.45, 2.75) is 26.8 Å². The van der Waals surface area contributed by atoms with Gasteiger partial charge < -0.3 is 20.0 Å². The zero-order chi connectivity index (χ0) is 20.1. The Morgan fingerprint density at radius 2 is 2.07 bits per heavy atom. The molecule has 1 saturated heterocycles. The summed E-state index contributed by atoms with van der Waals surface area (Å²) in [7, 11) is 0. The highest BCUT2D eigenvalue weighted by Gasteiger charge is 2.34. The third-order valence-corrected chi connectivity index (χ3v) is 4.57. The molecule has 1 unspecified atom stereocenters. The van der Waals surface area contributed by atoms with Gasteiger partial charge in [-0.1, -0.05) is 26.0 Å². The molecular formula is C21H25N3O4. The summed E-state index contributed by atoms with van der Waals surface area (Å²) in [6, 6.07) is 10.5. The first-order valence-electron chi connectivity index (χ1n) is 9.41. The Bertz CT molecular complexity index is 845. The van der Waals surface area contributed by atoms with E-state index in [2.05, 4.69) is 24.5 Å². The lowest BCUT2D eigenvalue weighted by atomic mass is 10.1. The highest BCUT2D eigenvalue weighted by Crippen LogP contribution is 2.19. The van der Waals surface area contributed by atoms with E-state index in [1.54, 1.807) is 29.2 Å². The number of hydrogen-bond acceptors (Lipinski definition) is 4. The predicted molar refractivity (Wildman–Crippen MR) is 104 cm³/mol. The molecule has 7 nitrogen and oxygen atoms in total. The minimum Gasteiger partial charge on any atom is -0.459 e. The number of nitrogens with one attached hydrogen (secondary N) is 2. The summed E-state index contributed by atoms with van der Waals surface area (Å²) in [6.07, 6.45) is 1.70. The van der Waals surface area contributed by atoms with Gasteiger partial charge in [-0.15, -0.1) is 0 Å². The van der Waals surface area contributed by atoms with Gasteiger partial charge in [-0.3, -0.25) is 14.4 Å². The van der Waals surface area contributed by atoms with Crippen molar-refractivity contribution in [1.29, 1.82) is 0 Å². The zero-order valence-corrected chi connectivity index (χ0v) is 16.1. The van der Waals surface area contributed by atoms with E-state index in [-0.39, 0.29) is 35.8 Å². The minimum absolute atomic E-state index is 0.0384. The third-order valence-electron chi connectivity index (χ3n) is 4.57. The molecule has 0 bridgehead atoms. The molecule has 0 radical (unpaired) electrons. The normalized spacial score (nSPS) is 16.5. The summed E-state index contributed by atoms with van der Waals surface area (Å²) in [5.41, 5.74) is 1.47. The molecule has 2 heterocycles. The number of carbonyl (C=O) groups is 3. The predicted octanol–water partition coefficient (Wildman–Crippen LogP) is 2.65. The first-order chi connectivity index (χ1) is 13.4. The maximum absolute atomic E-state index is 12.4. The number of hydrogen-bond donors (Lipinski definition) is 2. The maximum atomic E-state index is 12.4. The quantitative estimate of drug-likeness (QED) is 0.769. The molecule has 2 N–H and O–H groups in total. The molecule has 148 valence electrons. The van der Waals surface area contributed by atoms with E-state index in [4.69, 9.17) is 4.42 Å². The molecular weight excluding hydrogens is 358 g/mol. The number of furan rings is 1. The second-order valence-electron chi connectivity index (χ2n) is 7.44. The molecule has 3 amide bonds. The number of benzene rings is 1. The van der Waals surface area contributed by atoms with Crippen molar-refractivity contribution >= 4 is 23.4 Å². The summed E-state index contributed by atoms with van der Waals surface area (Å²) in [5.74, 6) is -0.115. The Morgan fingerprint density at radius 3 is 2.79 bits per heavy atom. The van der Waals surface area contributed by atoms with Gasteiger partial charge in [0.15, 0.2) is 5.76 Å². The van der Waals surface area contributed by atoms with E-state index in [0.717, 1.165) is 5.56 Å². The Labute approximate surface area is 164 Å². The largest absolute Gasteiger partial charge is 0.459 e. The van der Waals surface area contributed by atoms with Crippen molar-refractivity contribution < 1.29 is 18.8 Å². The van der Waals surface area contributed by atoms with Gasteiger partial charge in [0.1, 0.15) is 0 Å². The summed E-state index contributed by atoms with van der Waals surface area (Å²) in [5, 5.41) is 5.65. The summed E-state index contributed by atoms with van der Waals surface area (Å²) < 4.78 is 5.07. The van der Waals surface area contributed by atoms with E-state index in [9.17, 15) is 14.4 Å². The number of carbonyl (C=O) groups excluding carboxylic acids is 3. The number of rotatable bonds is 7. The Kier molecular flexibility index (Phi) is 6.13. The van der Waals surface area contributed by atoms with E-state index >= 15 is 0 Å². The molecule has 0 aliphatic carbocycles. The lowest BCUT2D eigenvalue weighted by molar-refractivity contribution is -0.129. The standard InChI is InChI=1S/C21H25N3O4/c1-14(2)12-24-13-16(10-19(24)25)20(26)22-11-15-5-3-6-17(9-15)23-21(27)18-7-4-8-28-18/h3-9,14,16H,10-13H2,1-2H3,(H,22,26)(H,23,27). The number of amides is 3. The molecule has 28 heavy (non-hydrogen) atoms. The van der Waals surface area contributed by atoms with Gasteiger partial charge in [-0.2, -0.15) is 0 Å². The van der Waals surface area contributed by atoms with Gasteiger partial charge in [0.25, 0.3) is 5.91 Å². The number of nitrogens with zero attached hydrogens (tertiary/aromatic N) is 1. The van der Waals surface area contributed by atoms with Crippen LogP contribution in [0, 0.1) is 11.8 Å². The average Bonchev–Trinajstić information content (AvgIpc) is 3.30. The molecule has 0 saturated carbocycles. The van der Waals surface area contributed by atoms with Crippen LogP contribution >= 0.6 is 0 Å². The van der Waals surface area contributed by atoms with Crippen molar-refractivity contribution in [2.24, 2.45) is 11.8 Å². The van der Waals surface area contributed by atoms with Crippen LogP contribution in [-0.2, 0) is 16.1 Å². The van der Waals surface area contributed by atoms with Crippen molar-refractivity contribution in [3.63, 3.8) is 0 Å². The molecule has 2 aromatic rings. The lowest BCUT2D eigenvalue weighted by Crippen LogP contribution is -2.33. The van der Waals surface area contributed by atoms with Gasteiger partial charge in [0.05, 0.1) is 12.2 Å². The molecule has 1 aromatic carbocycles. The molecule has 7 heteroatoms. The number of anilines is 1. The zero-order valence-electron chi connectivity index (χ0n) is 16.1. The second kappa shape index (κ2) is 8.73. The van der Waals surface area contributed by atoms with Gasteiger partial charge in [-0.05, 0) is 35.7 Å². The maximum Gasteiger partial charge on any atom is 0.291 e. The molecule has 1 atom stereocenters. The molecule has 1 aliphatic heterocycles. The van der Waals surface area contributed by atoms with Crippen LogP contribution in [0.5, 0.6) is 0 Å². The third kappa shape index (κ3) is 5.00. The second-order valence-corrected chi connectivity index (χ2v) is 7.44. The molecule has 1 fully saturated rings. The highest BCUT2D eigenvalue weighted by atomic mass is 16.3. The van der Waals surface area contributed by atoms with Crippen molar-refractivity contribution in [1.82, 2.24) is 10.2 Å². The smallest absolute Gasteiger partial charge is 0.291 e. The first-order valence-corrected chi connectivity index (χ1v) is 9.41. The van der Waals surface area contributed by atoms with Gasteiger partial charge in [0.2, 0.25) is 11.8 Å². The van der Waals surface area contributed by atoms with E-state index in [1.165, 1.54) is 6.26 Å². The number of likely N-dealkylation sites (tertiary alicyclic amines) is 1. The van der Waals surface area contributed by atoms with Crippen molar-refractivity contribution in [3.05, 3.63) is 54.0 Å². The monoisotopic (exact) mass is 383 g/mol. The summed E-state index contributed by atoms with van der Waals surface area (Å²) in [4.78, 5) is 38.3. The van der Waals surface area contributed by atoms with Crippen molar-refractivity contribution in [3.8, 4) is 0 Å². The topological polar surface area (TPSA) is 91.7 Å². The molecule has 0 spiro atoms. The van der Waals surface area contributed by atoms with Gasteiger partial charge in [0, 0.05) is 31.7 Å². The molecule has 1 aliphatic rings. The average molecular weight is 383 g/mol. The van der Waals surface area contributed by atoms with E-state index in [1.807, 2.05) is 12.1 Å². The van der Waals surface area contributed by atoms with E-state index in [0.29, 0.717) is 31.2 Å². The van der Waals surface area contributed by atoms with Crippen LogP contribution in [0.3, 0.4) is 0 Å². The van der Waals surface area contributed by atoms with E-state index < -0.39 is 0 Å². The van der Waals surface area contributed by atoms with Gasteiger partial charge in [-0.25, -0.2) is 0 Å². The van der Waals surface area contributed by atoms with Gasteiger partial charge >= 0.3 is 0 Å². The fourth-order valence-electron chi connectivity index (χ4n) is 3.26. The molecule has 3 rings (SSSR count). The van der Waals surface area contributed by atoms with Crippen LogP contribution in [0.25, 0.3) is 0 Å². The summed E-state index contributed by atoms with van der Waals surface area (Å²) >= 11 is 0. The minimum atomic E-state index is -0.333. The Hall–Kier alpha value is -3.09. The Morgan fingerprint density at radius 1 is 1.25 bits per heavy atom. The fraction of sp³-hybridized carbons (Fsp3) is 0.381. The van der Waals surface area contributed by atoms with Crippen molar-refractivity contribution in [2.75, 3.05) is 18.4 Å². The first kappa shape index (κ1) is 19.7. The van der Waals surface area contributed by atoms with Crippen LogP contribution in [0.2, 0.25) is 0 Å². The van der Waals surface area contributed by atoms with Crippen LogP contribution in [0.1, 0.15) is 36.4 Å². The highest BCUT2D eigenvalue weighted by molar-refractivity contribution is 6.02. The van der Waals surface area contributed by atoms with Crippen LogP contribution < -0.4 is 10.6 Å². The summed E-state index contributed by atoms with van der Waals surface area (Å²) in [6.45, 7) is 5.59. The Balaban J connectivity index is 1.53. The SMILES string of the molecule is CC(C)CN1CC(C(=O)NCc2cccc(NC(=O)c3ccco3)c2)CC1=O. The van der Waals surface area contributed by atoms with Crippen LogP contribution in [0.15, 0.2) is 47.1 Å². The van der Waals surface area contributed by atoms with Crippen LogP contribution in [-0.4, -0.2) is 35.7 Å².